The minimum Gasteiger partial charge on any atom is -0.480 e. The molecule has 4 atom stereocenters. The number of carbonyl (C=O) groups is 5. The highest BCUT2D eigenvalue weighted by atomic mass is 32.2. The molecule has 0 saturated heterocycles. The summed E-state index contributed by atoms with van der Waals surface area (Å²) in [6.45, 7) is -0.829. The Kier molecular flexibility index (Phi) is 11.9. The predicted octanol–water partition coefficient (Wildman–Crippen LogP) is -3.56. The van der Waals surface area contributed by atoms with Crippen molar-refractivity contribution in [1.82, 2.24) is 25.9 Å². The molecule has 4 unspecified atom stereocenters. The van der Waals surface area contributed by atoms with Crippen molar-refractivity contribution in [2.45, 2.75) is 43.4 Å². The van der Waals surface area contributed by atoms with Crippen LogP contribution in [0.5, 0.6) is 0 Å². The molecule has 1 rings (SSSR count). The van der Waals surface area contributed by atoms with Crippen LogP contribution in [-0.2, 0) is 30.4 Å². The Balaban J connectivity index is 2.80. The van der Waals surface area contributed by atoms with Crippen molar-refractivity contribution in [2.24, 2.45) is 11.5 Å². The first-order valence-corrected chi connectivity index (χ1v) is 11.2. The molecule has 0 fully saturated rings. The maximum atomic E-state index is 12.5. The fraction of sp³-hybridized carbons (Fsp3) is 0.556. The summed E-state index contributed by atoms with van der Waals surface area (Å²) in [5.41, 5.74) is 11.5. The number of aromatic nitrogens is 2. The van der Waals surface area contributed by atoms with Gasteiger partial charge in [0, 0.05) is 18.3 Å². The quantitative estimate of drug-likeness (QED) is 0.121. The van der Waals surface area contributed by atoms with Gasteiger partial charge in [-0.3, -0.25) is 19.2 Å². The second kappa shape index (κ2) is 14.1. The largest absolute Gasteiger partial charge is 0.480 e. The molecule has 0 aliphatic rings. The van der Waals surface area contributed by atoms with E-state index in [0.29, 0.717) is 11.4 Å². The molecule has 0 spiro atoms. The Morgan fingerprint density at radius 2 is 1.70 bits per heavy atom. The van der Waals surface area contributed by atoms with Gasteiger partial charge in [-0.15, -0.1) is 0 Å². The molecule has 0 bridgehead atoms. The number of carboxylic acids is 1. The minimum atomic E-state index is -1.52. The van der Waals surface area contributed by atoms with Crippen LogP contribution < -0.4 is 27.4 Å². The third kappa shape index (κ3) is 9.88. The van der Waals surface area contributed by atoms with Crippen molar-refractivity contribution in [3.8, 4) is 0 Å². The van der Waals surface area contributed by atoms with Crippen molar-refractivity contribution in [3.05, 3.63) is 18.2 Å². The van der Waals surface area contributed by atoms with Crippen molar-refractivity contribution in [2.75, 3.05) is 18.6 Å². The number of carbonyl (C=O) groups excluding carboxylic acids is 4. The number of primary amides is 1. The Morgan fingerprint density at radius 3 is 2.21 bits per heavy atom. The van der Waals surface area contributed by atoms with Crippen LogP contribution in [0.2, 0.25) is 0 Å². The molecular weight excluding hydrogens is 458 g/mol. The van der Waals surface area contributed by atoms with Crippen LogP contribution in [-0.4, -0.2) is 92.6 Å². The van der Waals surface area contributed by atoms with E-state index in [9.17, 15) is 34.2 Å². The van der Waals surface area contributed by atoms with Crippen LogP contribution >= 0.6 is 11.8 Å². The second-order valence-electron chi connectivity index (χ2n) is 7.04. The number of imidazole rings is 1. The molecule has 15 heteroatoms. The lowest BCUT2D eigenvalue weighted by molar-refractivity contribution is -0.142. The van der Waals surface area contributed by atoms with Gasteiger partial charge in [0.25, 0.3) is 0 Å². The summed E-state index contributed by atoms with van der Waals surface area (Å²) < 4.78 is 0. The standard InChI is InChI=1S/C18H29N7O7S/c1-33-3-2-11(18(31)32)23-16(29)12(5-14(20)27)24-17(30)13(7-26)25-15(28)10(19)4-9-6-21-8-22-9/h6,8,10-13,26H,2-5,7,19H2,1H3,(H2,20,27)(H,21,22)(H,23,29)(H,24,30)(H,25,28)(H,31,32). The number of amides is 4. The average molecular weight is 488 g/mol. The number of rotatable bonds is 15. The van der Waals surface area contributed by atoms with E-state index < -0.39 is 66.8 Å². The number of aliphatic hydroxyl groups is 1. The maximum absolute atomic E-state index is 12.5. The number of nitrogens with zero attached hydrogens (tertiary/aromatic N) is 1. The van der Waals surface area contributed by atoms with Crippen LogP contribution in [0.3, 0.4) is 0 Å². The molecular formula is C18H29N7O7S. The lowest BCUT2D eigenvalue weighted by atomic mass is 10.1. The molecule has 1 aromatic heterocycles. The molecule has 0 aliphatic heterocycles. The fourth-order valence-corrected chi connectivity index (χ4v) is 3.12. The van der Waals surface area contributed by atoms with Gasteiger partial charge in [-0.1, -0.05) is 0 Å². The first kappa shape index (κ1) is 27.9. The van der Waals surface area contributed by atoms with Gasteiger partial charge in [0.15, 0.2) is 0 Å². The van der Waals surface area contributed by atoms with E-state index in [-0.39, 0.29) is 12.8 Å². The number of aliphatic hydroxyl groups excluding tert-OH is 1. The third-order valence-electron chi connectivity index (χ3n) is 4.41. The van der Waals surface area contributed by atoms with Crippen molar-refractivity contribution < 1.29 is 34.2 Å². The summed E-state index contributed by atoms with van der Waals surface area (Å²) in [6, 6.07) is -5.31. The lowest BCUT2D eigenvalue weighted by Gasteiger charge is -2.23. The summed E-state index contributed by atoms with van der Waals surface area (Å²) in [6.07, 6.45) is 4.22. The van der Waals surface area contributed by atoms with Crippen LogP contribution in [0.4, 0.5) is 0 Å². The van der Waals surface area contributed by atoms with E-state index in [1.54, 1.807) is 6.26 Å². The highest BCUT2D eigenvalue weighted by Crippen LogP contribution is 2.03. The minimum absolute atomic E-state index is 0.0882. The Morgan fingerprint density at radius 1 is 1.09 bits per heavy atom. The van der Waals surface area contributed by atoms with E-state index in [4.69, 9.17) is 11.5 Å². The predicted molar refractivity (Wildman–Crippen MR) is 118 cm³/mol. The zero-order valence-corrected chi connectivity index (χ0v) is 18.8. The number of aromatic amines is 1. The molecule has 184 valence electrons. The summed E-state index contributed by atoms with van der Waals surface area (Å²) in [5, 5.41) is 25.5. The van der Waals surface area contributed by atoms with E-state index in [0.717, 1.165) is 0 Å². The van der Waals surface area contributed by atoms with Crippen LogP contribution in [0.1, 0.15) is 18.5 Å². The number of hydrogen-bond acceptors (Lipinski definition) is 9. The second-order valence-corrected chi connectivity index (χ2v) is 8.03. The number of aliphatic carboxylic acids is 1. The first-order chi connectivity index (χ1) is 15.6. The SMILES string of the molecule is CSCCC(NC(=O)C(CC(N)=O)NC(=O)C(CO)NC(=O)C(N)Cc1cnc[nH]1)C(=O)O. The monoisotopic (exact) mass is 487 g/mol. The topological polar surface area (TPSA) is 243 Å². The van der Waals surface area contributed by atoms with Gasteiger partial charge in [0.2, 0.25) is 23.6 Å². The van der Waals surface area contributed by atoms with Gasteiger partial charge < -0.3 is 42.6 Å². The van der Waals surface area contributed by atoms with E-state index in [1.807, 2.05) is 0 Å². The highest BCUT2D eigenvalue weighted by Gasteiger charge is 2.31. The van der Waals surface area contributed by atoms with Crippen LogP contribution in [0.25, 0.3) is 0 Å². The summed E-state index contributed by atoms with van der Waals surface area (Å²) in [4.78, 5) is 66.7. The maximum Gasteiger partial charge on any atom is 0.326 e. The van der Waals surface area contributed by atoms with Gasteiger partial charge in [-0.05, 0) is 18.4 Å². The summed E-state index contributed by atoms with van der Waals surface area (Å²) in [7, 11) is 0. The number of nitrogens with one attached hydrogen (secondary N) is 4. The molecule has 4 amide bonds. The van der Waals surface area contributed by atoms with Gasteiger partial charge in [0.1, 0.15) is 18.1 Å². The molecule has 0 aliphatic carbocycles. The number of hydrogen-bond donors (Lipinski definition) is 8. The molecule has 0 aromatic carbocycles. The molecule has 0 radical (unpaired) electrons. The molecule has 10 N–H and O–H groups in total. The summed E-state index contributed by atoms with van der Waals surface area (Å²) >= 11 is 1.38. The Hall–Kier alpha value is -3.17. The highest BCUT2D eigenvalue weighted by molar-refractivity contribution is 7.98. The average Bonchev–Trinajstić information content (AvgIpc) is 3.26. The molecule has 1 heterocycles. The molecule has 0 saturated carbocycles. The lowest BCUT2D eigenvalue weighted by Crippen LogP contribution is -2.58. The van der Waals surface area contributed by atoms with Gasteiger partial charge >= 0.3 is 5.97 Å². The van der Waals surface area contributed by atoms with E-state index in [2.05, 4.69) is 25.9 Å². The van der Waals surface area contributed by atoms with Crippen LogP contribution in [0.15, 0.2) is 12.5 Å². The zero-order chi connectivity index (χ0) is 25.0. The van der Waals surface area contributed by atoms with Crippen molar-refractivity contribution in [1.29, 1.82) is 0 Å². The molecule has 33 heavy (non-hydrogen) atoms. The van der Waals surface area contributed by atoms with Crippen molar-refractivity contribution in [3.63, 3.8) is 0 Å². The number of carboxylic acid groups (broad SMARTS) is 1. The van der Waals surface area contributed by atoms with Gasteiger partial charge in [0.05, 0.1) is 25.4 Å². The zero-order valence-electron chi connectivity index (χ0n) is 17.9. The van der Waals surface area contributed by atoms with Gasteiger partial charge in [-0.25, -0.2) is 9.78 Å². The molecule has 14 nitrogen and oxygen atoms in total. The number of nitrogens with two attached hydrogens (primary N) is 2. The van der Waals surface area contributed by atoms with E-state index >= 15 is 0 Å². The number of H-pyrrole nitrogens is 1. The Labute approximate surface area is 193 Å². The Bertz CT molecular complexity index is 821. The van der Waals surface area contributed by atoms with Crippen molar-refractivity contribution >= 4 is 41.4 Å². The first-order valence-electron chi connectivity index (χ1n) is 9.83. The fourth-order valence-electron chi connectivity index (χ4n) is 2.65. The summed E-state index contributed by atoms with van der Waals surface area (Å²) in [5.74, 6) is -4.46. The smallest absolute Gasteiger partial charge is 0.326 e. The normalized spacial score (nSPS) is 14.4. The van der Waals surface area contributed by atoms with E-state index in [1.165, 1.54) is 24.3 Å². The van der Waals surface area contributed by atoms with Gasteiger partial charge in [-0.2, -0.15) is 11.8 Å². The number of thioether (sulfide) groups is 1. The van der Waals surface area contributed by atoms with Crippen LogP contribution in [0, 0.1) is 0 Å². The molecule has 1 aromatic rings. The third-order valence-corrected chi connectivity index (χ3v) is 5.05.